The Kier molecular flexibility index (Phi) is 4.71. The SMILES string of the molecule is CC1CCC(C(C)(C)Br)N(C(=O)OC(C)(C)C)C1=O. The molecule has 2 amide bonds. The molecule has 19 heavy (non-hydrogen) atoms. The topological polar surface area (TPSA) is 46.6 Å². The third-order valence-corrected chi connectivity index (χ3v) is 3.75. The number of carbonyl (C=O) groups excluding carboxylic acids is 2. The molecule has 5 heteroatoms. The fourth-order valence-electron chi connectivity index (χ4n) is 2.23. The van der Waals surface area contributed by atoms with Crippen LogP contribution < -0.4 is 0 Å². The molecule has 4 nitrogen and oxygen atoms in total. The van der Waals surface area contributed by atoms with Gasteiger partial charge in [0.15, 0.2) is 0 Å². The van der Waals surface area contributed by atoms with Crippen molar-refractivity contribution in [2.24, 2.45) is 5.92 Å². The second kappa shape index (κ2) is 5.43. The van der Waals surface area contributed by atoms with Crippen LogP contribution in [0.25, 0.3) is 0 Å². The maximum Gasteiger partial charge on any atom is 0.417 e. The highest BCUT2D eigenvalue weighted by atomic mass is 79.9. The highest BCUT2D eigenvalue weighted by Gasteiger charge is 2.45. The van der Waals surface area contributed by atoms with Crippen molar-refractivity contribution in [3.8, 4) is 0 Å². The third kappa shape index (κ3) is 4.20. The second-order valence-electron chi connectivity index (χ2n) is 6.75. The lowest BCUT2D eigenvalue weighted by Crippen LogP contribution is -2.57. The predicted octanol–water partition coefficient (Wildman–Crippen LogP) is 3.72. The van der Waals surface area contributed by atoms with Gasteiger partial charge in [-0.1, -0.05) is 22.9 Å². The predicted molar refractivity (Wildman–Crippen MR) is 78.3 cm³/mol. The number of imide groups is 1. The Labute approximate surface area is 124 Å². The van der Waals surface area contributed by atoms with E-state index in [0.29, 0.717) is 0 Å². The number of carbonyl (C=O) groups is 2. The van der Waals surface area contributed by atoms with Gasteiger partial charge >= 0.3 is 6.09 Å². The van der Waals surface area contributed by atoms with Crippen LogP contribution >= 0.6 is 15.9 Å². The average Bonchev–Trinajstić information content (AvgIpc) is 2.17. The van der Waals surface area contributed by atoms with Crippen molar-refractivity contribution in [3.63, 3.8) is 0 Å². The Balaban J connectivity index is 3.01. The summed E-state index contributed by atoms with van der Waals surface area (Å²) >= 11 is 3.57. The molecule has 2 unspecified atom stereocenters. The minimum absolute atomic E-state index is 0.126. The molecule has 0 aromatic rings. The largest absolute Gasteiger partial charge is 0.443 e. The van der Waals surface area contributed by atoms with E-state index in [1.54, 1.807) is 20.8 Å². The third-order valence-electron chi connectivity index (χ3n) is 3.23. The van der Waals surface area contributed by atoms with E-state index in [9.17, 15) is 9.59 Å². The molecule has 2 atom stereocenters. The number of amides is 2. The summed E-state index contributed by atoms with van der Waals surface area (Å²) in [7, 11) is 0. The molecule has 0 bridgehead atoms. The van der Waals surface area contributed by atoms with Crippen LogP contribution in [0.3, 0.4) is 0 Å². The number of halogens is 1. The normalized spacial score (nSPS) is 25.4. The molecule has 1 fully saturated rings. The van der Waals surface area contributed by atoms with Crippen LogP contribution in [0.2, 0.25) is 0 Å². The molecule has 0 radical (unpaired) electrons. The van der Waals surface area contributed by atoms with E-state index in [0.717, 1.165) is 12.8 Å². The van der Waals surface area contributed by atoms with Crippen molar-refractivity contribution in [2.45, 2.75) is 70.4 Å². The summed E-state index contributed by atoms with van der Waals surface area (Å²) in [6.07, 6.45) is 1.06. The van der Waals surface area contributed by atoms with Crippen molar-refractivity contribution in [1.82, 2.24) is 4.90 Å². The zero-order chi connectivity index (χ0) is 15.0. The van der Waals surface area contributed by atoms with Crippen molar-refractivity contribution < 1.29 is 14.3 Å². The highest BCUT2D eigenvalue weighted by Crippen LogP contribution is 2.35. The summed E-state index contributed by atoms with van der Waals surface area (Å²) in [6, 6.07) is -0.175. The maximum absolute atomic E-state index is 12.3. The zero-order valence-electron chi connectivity index (χ0n) is 12.6. The molecule has 0 spiro atoms. The minimum atomic E-state index is -0.598. The number of likely N-dealkylation sites (tertiary alicyclic amines) is 1. The van der Waals surface area contributed by atoms with Crippen LogP contribution in [0, 0.1) is 5.92 Å². The Morgan fingerprint density at radius 1 is 1.26 bits per heavy atom. The van der Waals surface area contributed by atoms with Gasteiger partial charge in [-0.05, 0) is 47.5 Å². The van der Waals surface area contributed by atoms with Crippen molar-refractivity contribution >= 4 is 27.9 Å². The van der Waals surface area contributed by atoms with E-state index in [1.807, 2.05) is 20.8 Å². The first-order chi connectivity index (χ1) is 8.43. The van der Waals surface area contributed by atoms with E-state index in [2.05, 4.69) is 15.9 Å². The molecular weight excluding hydrogens is 310 g/mol. The zero-order valence-corrected chi connectivity index (χ0v) is 14.2. The monoisotopic (exact) mass is 333 g/mol. The highest BCUT2D eigenvalue weighted by molar-refractivity contribution is 9.10. The van der Waals surface area contributed by atoms with E-state index in [-0.39, 0.29) is 22.2 Å². The van der Waals surface area contributed by atoms with Crippen LogP contribution in [-0.2, 0) is 9.53 Å². The molecule has 0 aromatic carbocycles. The van der Waals surface area contributed by atoms with Crippen molar-refractivity contribution in [2.75, 3.05) is 0 Å². The Hall–Kier alpha value is -0.580. The standard InChI is InChI=1S/C14H24BrNO3/c1-9-7-8-10(14(5,6)15)16(11(9)17)12(18)19-13(2,3)4/h9-10H,7-8H2,1-6H3. The molecule has 0 saturated carbocycles. The molecule has 1 rings (SSSR count). The van der Waals surface area contributed by atoms with Gasteiger partial charge in [-0.15, -0.1) is 0 Å². The summed E-state index contributed by atoms with van der Waals surface area (Å²) in [6.45, 7) is 11.2. The Morgan fingerprint density at radius 2 is 1.79 bits per heavy atom. The number of hydrogen-bond acceptors (Lipinski definition) is 3. The molecule has 1 aliphatic rings. The first kappa shape index (κ1) is 16.5. The first-order valence-electron chi connectivity index (χ1n) is 6.68. The molecule has 0 aliphatic carbocycles. The van der Waals surface area contributed by atoms with Gasteiger partial charge in [0.1, 0.15) is 5.60 Å². The van der Waals surface area contributed by atoms with Crippen LogP contribution in [0.4, 0.5) is 4.79 Å². The van der Waals surface area contributed by atoms with Gasteiger partial charge in [-0.25, -0.2) is 9.69 Å². The van der Waals surface area contributed by atoms with Gasteiger partial charge in [-0.2, -0.15) is 0 Å². The number of alkyl halides is 1. The van der Waals surface area contributed by atoms with E-state index in [1.165, 1.54) is 4.90 Å². The van der Waals surface area contributed by atoms with Crippen LogP contribution in [0.15, 0.2) is 0 Å². The number of piperidine rings is 1. The Bertz CT molecular complexity index is 368. The smallest absolute Gasteiger partial charge is 0.417 e. The van der Waals surface area contributed by atoms with Crippen LogP contribution in [0.5, 0.6) is 0 Å². The van der Waals surface area contributed by atoms with Gasteiger partial charge in [-0.3, -0.25) is 4.79 Å². The lowest BCUT2D eigenvalue weighted by molar-refractivity contribution is -0.140. The lowest BCUT2D eigenvalue weighted by atomic mass is 9.87. The van der Waals surface area contributed by atoms with Gasteiger partial charge in [0, 0.05) is 10.2 Å². The molecule has 1 saturated heterocycles. The summed E-state index contributed by atoms with van der Waals surface area (Å²) in [5.41, 5.74) is -0.598. The lowest BCUT2D eigenvalue weighted by Gasteiger charge is -2.42. The van der Waals surface area contributed by atoms with Gasteiger partial charge < -0.3 is 4.74 Å². The number of ether oxygens (including phenoxy) is 1. The quantitative estimate of drug-likeness (QED) is 0.687. The molecule has 110 valence electrons. The summed E-state index contributed by atoms with van der Waals surface area (Å²) in [4.78, 5) is 25.9. The summed E-state index contributed by atoms with van der Waals surface area (Å²) in [5, 5.41) is 0. The van der Waals surface area contributed by atoms with Crippen molar-refractivity contribution in [3.05, 3.63) is 0 Å². The van der Waals surface area contributed by atoms with Gasteiger partial charge in [0.05, 0.1) is 6.04 Å². The molecule has 0 N–H and O–H groups in total. The maximum atomic E-state index is 12.3. The van der Waals surface area contributed by atoms with Crippen molar-refractivity contribution in [1.29, 1.82) is 0 Å². The minimum Gasteiger partial charge on any atom is -0.443 e. The summed E-state index contributed by atoms with van der Waals surface area (Å²) < 4.78 is 5.05. The van der Waals surface area contributed by atoms with E-state index >= 15 is 0 Å². The molecule has 1 aliphatic heterocycles. The van der Waals surface area contributed by atoms with Crippen LogP contribution in [-0.4, -0.2) is 32.9 Å². The second-order valence-corrected chi connectivity index (χ2v) is 8.79. The van der Waals surface area contributed by atoms with Gasteiger partial charge in [0.25, 0.3) is 0 Å². The Morgan fingerprint density at radius 3 is 2.21 bits per heavy atom. The fourth-order valence-corrected chi connectivity index (χ4v) is 2.66. The molecular formula is C14H24BrNO3. The van der Waals surface area contributed by atoms with Crippen LogP contribution in [0.1, 0.15) is 54.4 Å². The number of rotatable bonds is 1. The summed E-state index contributed by atoms with van der Waals surface area (Å²) in [5.74, 6) is -0.267. The average molecular weight is 334 g/mol. The molecule has 1 heterocycles. The first-order valence-corrected chi connectivity index (χ1v) is 7.48. The number of hydrogen-bond donors (Lipinski definition) is 0. The van der Waals surface area contributed by atoms with Gasteiger partial charge in [0.2, 0.25) is 5.91 Å². The number of nitrogens with zero attached hydrogens (tertiary/aromatic N) is 1. The fraction of sp³-hybridized carbons (Fsp3) is 0.857. The molecule has 0 aromatic heterocycles. The van der Waals surface area contributed by atoms with E-state index < -0.39 is 11.7 Å². The van der Waals surface area contributed by atoms with E-state index in [4.69, 9.17) is 4.74 Å².